The summed E-state index contributed by atoms with van der Waals surface area (Å²) in [7, 11) is 1.28. The average Bonchev–Trinajstić information content (AvgIpc) is 3.04. The molecule has 3 aromatic carbocycles. The first-order valence-electron chi connectivity index (χ1n) is 14.6. The van der Waals surface area contributed by atoms with Crippen LogP contribution in [-0.2, 0) is 16.1 Å². The van der Waals surface area contributed by atoms with E-state index in [0.717, 1.165) is 15.6 Å². The standard InChI is InChI=1S/C33H37BrN4O8/c1-5-43-27-15-22(9-13-25(27)45-18-21-7-11-24(34)12-8-21)17-35-38-29(39)19-46-26-14-10-23(16-28(26)44-6-2)31-30(32(40)42-4)20(3)36-33(41)37-31/h7-17,29,31,38-39H,5-6,18-19H2,1-4H3,(H2,36,37,41)/b35-17-/t29-,31+/m0/s1. The molecule has 13 heteroatoms. The lowest BCUT2D eigenvalue weighted by molar-refractivity contribution is -0.136. The molecule has 0 aliphatic carbocycles. The predicted octanol–water partition coefficient (Wildman–Crippen LogP) is 4.95. The molecule has 46 heavy (non-hydrogen) atoms. The summed E-state index contributed by atoms with van der Waals surface area (Å²) in [6.07, 6.45) is 0.400. The normalized spacial score (nSPS) is 15.1. The molecular formula is C33H37BrN4O8. The number of hydrogen-bond acceptors (Lipinski definition) is 10. The van der Waals surface area contributed by atoms with E-state index in [9.17, 15) is 14.7 Å². The number of hydrazone groups is 1. The number of allylic oxidation sites excluding steroid dienone is 1. The van der Waals surface area contributed by atoms with Crippen molar-refractivity contribution in [2.24, 2.45) is 5.10 Å². The van der Waals surface area contributed by atoms with Crippen LogP contribution in [0.5, 0.6) is 23.0 Å². The molecule has 0 bridgehead atoms. The van der Waals surface area contributed by atoms with Crippen LogP contribution in [0.4, 0.5) is 4.79 Å². The highest BCUT2D eigenvalue weighted by Gasteiger charge is 2.32. The van der Waals surface area contributed by atoms with E-state index in [1.807, 2.05) is 50.2 Å². The van der Waals surface area contributed by atoms with Gasteiger partial charge in [-0.1, -0.05) is 34.1 Å². The number of nitrogens with zero attached hydrogens (tertiary/aromatic N) is 1. The lowest BCUT2D eigenvalue weighted by atomic mass is 9.95. The highest BCUT2D eigenvalue weighted by molar-refractivity contribution is 9.10. The Balaban J connectivity index is 1.37. The average molecular weight is 698 g/mol. The molecule has 1 heterocycles. The van der Waals surface area contributed by atoms with Gasteiger partial charge in [0.1, 0.15) is 13.2 Å². The Bertz CT molecular complexity index is 1580. The van der Waals surface area contributed by atoms with Crippen molar-refractivity contribution in [2.45, 2.75) is 39.6 Å². The number of esters is 1. The number of rotatable bonds is 15. The van der Waals surface area contributed by atoms with Crippen molar-refractivity contribution >= 4 is 34.1 Å². The van der Waals surface area contributed by atoms with Gasteiger partial charge in [-0.3, -0.25) is 5.43 Å². The number of nitrogens with one attached hydrogen (secondary N) is 3. The molecule has 3 aromatic rings. The molecule has 0 radical (unpaired) electrons. The number of ether oxygens (including phenoxy) is 5. The van der Waals surface area contributed by atoms with Gasteiger partial charge in [-0.05, 0) is 79.9 Å². The van der Waals surface area contributed by atoms with Crippen LogP contribution >= 0.6 is 15.9 Å². The Morgan fingerprint density at radius 2 is 1.65 bits per heavy atom. The maximum absolute atomic E-state index is 12.5. The van der Waals surface area contributed by atoms with E-state index in [1.54, 1.807) is 37.4 Å². The Hall–Kier alpha value is -4.75. The van der Waals surface area contributed by atoms with Gasteiger partial charge >= 0.3 is 12.0 Å². The first-order chi connectivity index (χ1) is 22.2. The summed E-state index contributed by atoms with van der Waals surface area (Å²) < 4.78 is 29.2. The molecule has 0 spiro atoms. The van der Waals surface area contributed by atoms with Crippen molar-refractivity contribution in [2.75, 3.05) is 26.9 Å². The third kappa shape index (κ3) is 9.14. The Kier molecular flexibility index (Phi) is 12.3. The Morgan fingerprint density at radius 1 is 0.978 bits per heavy atom. The second kappa shape index (κ2) is 16.5. The van der Waals surface area contributed by atoms with E-state index in [-0.39, 0.29) is 12.2 Å². The van der Waals surface area contributed by atoms with Gasteiger partial charge in [0.15, 0.2) is 29.2 Å². The van der Waals surface area contributed by atoms with Crippen LogP contribution in [0.3, 0.4) is 0 Å². The predicted molar refractivity (Wildman–Crippen MR) is 175 cm³/mol. The first-order valence-corrected chi connectivity index (χ1v) is 15.4. The summed E-state index contributed by atoms with van der Waals surface area (Å²) in [5, 5.41) is 19.9. The van der Waals surface area contributed by atoms with E-state index in [1.165, 1.54) is 7.11 Å². The highest BCUT2D eigenvalue weighted by atomic mass is 79.9. The molecule has 12 nitrogen and oxygen atoms in total. The van der Waals surface area contributed by atoms with Crippen molar-refractivity contribution in [3.05, 3.63) is 93.1 Å². The lowest BCUT2D eigenvalue weighted by Gasteiger charge is -2.28. The van der Waals surface area contributed by atoms with Crippen LogP contribution in [-0.4, -0.2) is 56.5 Å². The minimum atomic E-state index is -1.15. The molecule has 2 amide bonds. The van der Waals surface area contributed by atoms with Crippen LogP contribution in [0, 0.1) is 0 Å². The summed E-state index contributed by atoms with van der Waals surface area (Å²) >= 11 is 3.43. The van der Waals surface area contributed by atoms with Crippen LogP contribution in [0.15, 0.2) is 81.5 Å². The van der Waals surface area contributed by atoms with Gasteiger partial charge in [-0.15, -0.1) is 0 Å². The van der Waals surface area contributed by atoms with Gasteiger partial charge in [0.2, 0.25) is 0 Å². The molecule has 1 aliphatic rings. The Morgan fingerprint density at radius 3 is 2.35 bits per heavy atom. The molecule has 1 aliphatic heterocycles. The zero-order chi connectivity index (χ0) is 33.1. The summed E-state index contributed by atoms with van der Waals surface area (Å²) in [5.74, 6) is 1.34. The van der Waals surface area contributed by atoms with E-state index in [4.69, 9.17) is 23.7 Å². The van der Waals surface area contributed by atoms with Crippen LogP contribution in [0.2, 0.25) is 0 Å². The van der Waals surface area contributed by atoms with Gasteiger partial charge in [0, 0.05) is 10.2 Å². The second-order valence-electron chi connectivity index (χ2n) is 9.97. The fourth-order valence-electron chi connectivity index (χ4n) is 4.55. The van der Waals surface area contributed by atoms with Crippen molar-refractivity contribution < 1.29 is 38.4 Å². The molecular weight excluding hydrogens is 660 g/mol. The molecule has 0 aromatic heterocycles. The Labute approximate surface area is 275 Å². The van der Waals surface area contributed by atoms with Gasteiger partial charge in [0.25, 0.3) is 0 Å². The zero-order valence-corrected chi connectivity index (χ0v) is 27.6. The van der Waals surface area contributed by atoms with Gasteiger partial charge in [-0.25, -0.2) is 9.59 Å². The molecule has 4 rings (SSSR count). The smallest absolute Gasteiger partial charge is 0.337 e. The number of urea groups is 1. The summed E-state index contributed by atoms with van der Waals surface area (Å²) in [5.41, 5.74) is 5.65. The van der Waals surface area contributed by atoms with Gasteiger partial charge in [0.05, 0.1) is 38.2 Å². The summed E-state index contributed by atoms with van der Waals surface area (Å²) in [6, 6.07) is 17.1. The quantitative estimate of drug-likeness (QED) is 0.0750. The third-order valence-corrected chi connectivity index (χ3v) is 7.21. The number of aliphatic hydroxyl groups excluding tert-OH is 1. The van der Waals surface area contributed by atoms with Crippen LogP contribution in [0.25, 0.3) is 0 Å². The largest absolute Gasteiger partial charge is 0.490 e. The fourth-order valence-corrected chi connectivity index (χ4v) is 4.82. The SMILES string of the molecule is CCOc1cc(/C=N\N[C@@H](O)COc2ccc([C@H]3NC(=O)NC(C)=C3C(=O)OC)cc2OCC)ccc1OCc1ccc(Br)cc1. The molecule has 0 saturated heterocycles. The number of amides is 2. The number of carbonyl (C=O) groups excluding carboxylic acids is 2. The van der Waals surface area contributed by atoms with E-state index < -0.39 is 24.3 Å². The monoisotopic (exact) mass is 696 g/mol. The summed E-state index contributed by atoms with van der Waals surface area (Å²) in [6.45, 7) is 6.37. The number of aliphatic hydroxyl groups is 1. The molecule has 4 N–H and O–H groups in total. The molecule has 0 fully saturated rings. The van der Waals surface area contributed by atoms with Crippen molar-refractivity contribution in [3.63, 3.8) is 0 Å². The van der Waals surface area contributed by atoms with Gasteiger partial charge < -0.3 is 39.4 Å². The summed E-state index contributed by atoms with van der Waals surface area (Å²) in [4.78, 5) is 24.6. The van der Waals surface area contributed by atoms with E-state index >= 15 is 0 Å². The van der Waals surface area contributed by atoms with E-state index in [2.05, 4.69) is 37.1 Å². The number of methoxy groups -OCH3 is 1. The van der Waals surface area contributed by atoms with E-state index in [0.29, 0.717) is 54.1 Å². The zero-order valence-electron chi connectivity index (χ0n) is 26.0. The van der Waals surface area contributed by atoms with Crippen molar-refractivity contribution in [3.8, 4) is 23.0 Å². The third-order valence-electron chi connectivity index (χ3n) is 6.68. The molecule has 244 valence electrons. The minimum absolute atomic E-state index is 0.152. The van der Waals surface area contributed by atoms with Crippen LogP contribution < -0.4 is 35.0 Å². The molecule has 0 unspecified atom stereocenters. The maximum Gasteiger partial charge on any atom is 0.337 e. The fraction of sp³-hybridized carbons (Fsp3) is 0.303. The number of halogens is 1. The maximum atomic E-state index is 12.5. The second-order valence-corrected chi connectivity index (χ2v) is 10.9. The van der Waals surface area contributed by atoms with Crippen molar-refractivity contribution in [1.29, 1.82) is 0 Å². The number of benzene rings is 3. The molecule has 2 atom stereocenters. The highest BCUT2D eigenvalue weighted by Crippen LogP contribution is 2.35. The van der Waals surface area contributed by atoms with Gasteiger partial charge in [-0.2, -0.15) is 5.10 Å². The number of hydrogen-bond donors (Lipinski definition) is 4. The minimum Gasteiger partial charge on any atom is -0.490 e. The van der Waals surface area contributed by atoms with Crippen LogP contribution in [0.1, 0.15) is 43.5 Å². The van der Waals surface area contributed by atoms with Crippen molar-refractivity contribution in [1.82, 2.24) is 16.1 Å². The lowest BCUT2D eigenvalue weighted by Crippen LogP contribution is -2.45. The first kappa shape index (κ1) is 34.1. The number of carbonyl (C=O) groups is 2. The molecule has 0 saturated carbocycles. The topological polar surface area (TPSA) is 149 Å².